The third-order valence-electron chi connectivity index (χ3n) is 4.31. The lowest BCUT2D eigenvalue weighted by Gasteiger charge is -2.16. The van der Waals surface area contributed by atoms with Crippen LogP contribution in [0.2, 0.25) is 5.02 Å². The van der Waals surface area contributed by atoms with Crippen LogP contribution in [0.5, 0.6) is 11.5 Å². The van der Waals surface area contributed by atoms with Gasteiger partial charge in [-0.3, -0.25) is 4.79 Å². The largest absolute Gasteiger partial charge is 0.493 e. The SMILES string of the molecule is C=CCc1ccc(OCC(=O)Nc2c(CC)ccc(Cl)c2CC)c(OC)c1. The fourth-order valence-electron chi connectivity index (χ4n) is 2.91. The lowest BCUT2D eigenvalue weighted by molar-refractivity contribution is -0.118. The molecule has 0 saturated heterocycles. The molecule has 2 rings (SSSR count). The Hall–Kier alpha value is -2.46. The Morgan fingerprint density at radius 2 is 1.96 bits per heavy atom. The van der Waals surface area contributed by atoms with Gasteiger partial charge in [-0.1, -0.05) is 43.7 Å². The fourth-order valence-corrected chi connectivity index (χ4v) is 3.20. The van der Waals surface area contributed by atoms with E-state index in [4.69, 9.17) is 21.1 Å². The van der Waals surface area contributed by atoms with Crippen LogP contribution in [0.25, 0.3) is 0 Å². The summed E-state index contributed by atoms with van der Waals surface area (Å²) < 4.78 is 11.0. The normalized spacial score (nSPS) is 10.4. The molecule has 0 aromatic heterocycles. The van der Waals surface area contributed by atoms with E-state index >= 15 is 0 Å². The summed E-state index contributed by atoms with van der Waals surface area (Å²) in [5, 5.41) is 3.62. The number of nitrogens with one attached hydrogen (secondary N) is 1. The maximum Gasteiger partial charge on any atom is 0.262 e. The van der Waals surface area contributed by atoms with E-state index in [9.17, 15) is 4.79 Å². The smallest absolute Gasteiger partial charge is 0.262 e. The van der Waals surface area contributed by atoms with Gasteiger partial charge in [0.25, 0.3) is 5.91 Å². The van der Waals surface area contributed by atoms with Crippen molar-refractivity contribution in [1.29, 1.82) is 0 Å². The highest BCUT2D eigenvalue weighted by molar-refractivity contribution is 6.32. The van der Waals surface area contributed by atoms with Gasteiger partial charge in [-0.05, 0) is 54.2 Å². The maximum absolute atomic E-state index is 12.5. The van der Waals surface area contributed by atoms with E-state index < -0.39 is 0 Å². The van der Waals surface area contributed by atoms with Crippen molar-refractivity contribution in [2.75, 3.05) is 19.0 Å². The van der Waals surface area contributed by atoms with Gasteiger partial charge >= 0.3 is 0 Å². The molecule has 0 aliphatic carbocycles. The lowest BCUT2D eigenvalue weighted by atomic mass is 10.0. The summed E-state index contributed by atoms with van der Waals surface area (Å²) in [6.07, 6.45) is 4.11. The standard InChI is InChI=1S/C22H26ClNO3/c1-5-8-15-9-12-19(20(13-15)26-4)27-14-21(25)24-22-16(6-2)10-11-18(23)17(22)7-3/h5,9-13H,1,6-8,14H2,2-4H3,(H,24,25). The number of carbonyl (C=O) groups is 1. The summed E-state index contributed by atoms with van der Waals surface area (Å²) in [6, 6.07) is 9.44. The van der Waals surface area contributed by atoms with Crippen molar-refractivity contribution in [3.05, 3.63) is 64.7 Å². The molecule has 0 saturated carbocycles. The van der Waals surface area contributed by atoms with Crippen LogP contribution in [0, 0.1) is 0 Å². The van der Waals surface area contributed by atoms with Crippen molar-refractivity contribution in [2.45, 2.75) is 33.1 Å². The topological polar surface area (TPSA) is 47.6 Å². The minimum Gasteiger partial charge on any atom is -0.493 e. The van der Waals surface area contributed by atoms with E-state index in [1.807, 2.05) is 44.2 Å². The third kappa shape index (κ3) is 5.27. The molecule has 0 spiro atoms. The quantitative estimate of drug-likeness (QED) is 0.600. The van der Waals surface area contributed by atoms with E-state index in [0.717, 1.165) is 41.6 Å². The van der Waals surface area contributed by atoms with Crippen molar-refractivity contribution in [2.24, 2.45) is 0 Å². The summed E-state index contributed by atoms with van der Waals surface area (Å²) in [5.41, 5.74) is 3.85. The highest BCUT2D eigenvalue weighted by Crippen LogP contribution is 2.30. The predicted molar refractivity (Wildman–Crippen MR) is 111 cm³/mol. The van der Waals surface area contributed by atoms with Crippen molar-refractivity contribution in [3.8, 4) is 11.5 Å². The van der Waals surface area contributed by atoms with Crippen molar-refractivity contribution in [1.82, 2.24) is 0 Å². The number of ether oxygens (including phenoxy) is 2. The number of halogens is 1. The van der Waals surface area contributed by atoms with Gasteiger partial charge in [0, 0.05) is 10.7 Å². The van der Waals surface area contributed by atoms with Gasteiger partial charge in [-0.15, -0.1) is 6.58 Å². The minimum atomic E-state index is -0.237. The third-order valence-corrected chi connectivity index (χ3v) is 4.66. The highest BCUT2D eigenvalue weighted by atomic mass is 35.5. The van der Waals surface area contributed by atoms with E-state index in [1.165, 1.54) is 0 Å². The van der Waals surface area contributed by atoms with Crippen molar-refractivity contribution >= 4 is 23.2 Å². The van der Waals surface area contributed by atoms with Crippen LogP contribution in [0.1, 0.15) is 30.5 Å². The van der Waals surface area contributed by atoms with Gasteiger partial charge in [0.15, 0.2) is 18.1 Å². The molecule has 2 aromatic carbocycles. The van der Waals surface area contributed by atoms with Crippen molar-refractivity contribution in [3.63, 3.8) is 0 Å². The first kappa shape index (κ1) is 20.8. The maximum atomic E-state index is 12.5. The Labute approximate surface area is 166 Å². The first-order valence-electron chi connectivity index (χ1n) is 9.04. The average Bonchev–Trinajstić information content (AvgIpc) is 2.67. The van der Waals surface area contributed by atoms with Crippen LogP contribution in [-0.4, -0.2) is 19.6 Å². The number of allylic oxidation sites excluding steroid dienone is 1. The summed E-state index contributed by atoms with van der Waals surface area (Å²) in [5.74, 6) is 0.880. The van der Waals surface area contributed by atoms with Gasteiger partial charge < -0.3 is 14.8 Å². The van der Waals surface area contributed by atoms with Crippen molar-refractivity contribution < 1.29 is 14.3 Å². The van der Waals surface area contributed by atoms with Gasteiger partial charge in [0.2, 0.25) is 0 Å². The molecule has 0 bridgehead atoms. The first-order chi connectivity index (χ1) is 13.0. The Bertz CT molecular complexity index is 817. The zero-order valence-electron chi connectivity index (χ0n) is 16.1. The number of aryl methyl sites for hydroxylation is 1. The molecular formula is C22H26ClNO3. The molecule has 0 radical (unpaired) electrons. The van der Waals surface area contributed by atoms with Crippen LogP contribution in [0.15, 0.2) is 43.0 Å². The number of benzene rings is 2. The molecule has 0 aliphatic rings. The van der Waals surface area contributed by atoms with Gasteiger partial charge in [-0.25, -0.2) is 0 Å². The monoisotopic (exact) mass is 387 g/mol. The van der Waals surface area contributed by atoms with E-state index in [1.54, 1.807) is 13.2 Å². The molecule has 0 unspecified atom stereocenters. The van der Waals surface area contributed by atoms with E-state index in [-0.39, 0.29) is 12.5 Å². The fraction of sp³-hybridized carbons (Fsp3) is 0.318. The highest BCUT2D eigenvalue weighted by Gasteiger charge is 2.14. The molecule has 5 heteroatoms. The minimum absolute atomic E-state index is 0.115. The number of methoxy groups -OCH3 is 1. The number of rotatable bonds is 9. The number of amides is 1. The average molecular weight is 388 g/mol. The molecule has 2 aromatic rings. The Balaban J connectivity index is 2.11. The van der Waals surface area contributed by atoms with Gasteiger partial charge in [0.05, 0.1) is 7.11 Å². The Morgan fingerprint density at radius 1 is 1.19 bits per heavy atom. The number of carbonyl (C=O) groups excluding carboxylic acids is 1. The second-order valence-electron chi connectivity index (χ2n) is 6.08. The molecular weight excluding hydrogens is 362 g/mol. The Morgan fingerprint density at radius 3 is 2.59 bits per heavy atom. The van der Waals surface area contributed by atoms with Gasteiger partial charge in [-0.2, -0.15) is 0 Å². The van der Waals surface area contributed by atoms with Crippen LogP contribution in [0.3, 0.4) is 0 Å². The molecule has 1 amide bonds. The Kier molecular flexibility index (Phi) is 7.74. The molecule has 0 heterocycles. The first-order valence-corrected chi connectivity index (χ1v) is 9.42. The summed E-state index contributed by atoms with van der Waals surface area (Å²) in [6.45, 7) is 7.68. The zero-order chi connectivity index (χ0) is 19.8. The molecule has 4 nitrogen and oxygen atoms in total. The van der Waals surface area contributed by atoms with Gasteiger partial charge in [0.1, 0.15) is 0 Å². The molecule has 27 heavy (non-hydrogen) atoms. The summed E-state index contributed by atoms with van der Waals surface area (Å²) in [7, 11) is 1.58. The van der Waals surface area contributed by atoms with E-state index in [0.29, 0.717) is 16.5 Å². The molecule has 144 valence electrons. The second kappa shape index (κ2) is 10.0. The van der Waals surface area contributed by atoms with Crippen LogP contribution < -0.4 is 14.8 Å². The molecule has 0 atom stereocenters. The second-order valence-corrected chi connectivity index (χ2v) is 6.49. The summed E-state index contributed by atoms with van der Waals surface area (Å²) in [4.78, 5) is 12.5. The number of hydrogen-bond acceptors (Lipinski definition) is 3. The molecule has 0 aliphatic heterocycles. The number of anilines is 1. The predicted octanol–water partition coefficient (Wildman–Crippen LogP) is 5.22. The van der Waals surface area contributed by atoms with Crippen LogP contribution >= 0.6 is 11.6 Å². The summed E-state index contributed by atoms with van der Waals surface area (Å²) >= 11 is 6.29. The van der Waals surface area contributed by atoms with E-state index in [2.05, 4.69) is 11.9 Å². The molecule has 1 N–H and O–H groups in total. The number of hydrogen-bond donors (Lipinski definition) is 1. The zero-order valence-corrected chi connectivity index (χ0v) is 16.9. The van der Waals surface area contributed by atoms with Crippen LogP contribution in [0.4, 0.5) is 5.69 Å². The lowest BCUT2D eigenvalue weighted by Crippen LogP contribution is -2.22. The van der Waals surface area contributed by atoms with Crippen LogP contribution in [-0.2, 0) is 24.1 Å². The molecule has 0 fully saturated rings.